The molecule has 1 amide bonds. The van der Waals surface area contributed by atoms with Gasteiger partial charge in [-0.05, 0) is 49.1 Å². The van der Waals surface area contributed by atoms with Gasteiger partial charge >= 0.3 is 0 Å². The highest BCUT2D eigenvalue weighted by molar-refractivity contribution is 7.99. The summed E-state index contributed by atoms with van der Waals surface area (Å²) in [5.74, 6) is 1.30. The van der Waals surface area contributed by atoms with Crippen LogP contribution in [0.3, 0.4) is 0 Å². The van der Waals surface area contributed by atoms with Crippen molar-refractivity contribution in [1.29, 1.82) is 0 Å². The molecule has 2 aromatic rings. The molecule has 0 aromatic heterocycles. The highest BCUT2D eigenvalue weighted by atomic mass is 32.2. The molecule has 1 fully saturated rings. The van der Waals surface area contributed by atoms with Gasteiger partial charge in [-0.3, -0.25) is 4.79 Å². The molecule has 0 spiro atoms. The summed E-state index contributed by atoms with van der Waals surface area (Å²) in [4.78, 5) is 16.3. The molecule has 0 saturated carbocycles. The molecule has 0 radical (unpaired) electrons. The van der Waals surface area contributed by atoms with Crippen LogP contribution in [-0.2, 0) is 10.0 Å². The minimum atomic E-state index is -3.80. The largest absolute Gasteiger partial charge is 0.345 e. The summed E-state index contributed by atoms with van der Waals surface area (Å²) in [6.45, 7) is 0.753. The number of hydrogen-bond acceptors (Lipinski definition) is 5. The summed E-state index contributed by atoms with van der Waals surface area (Å²) >= 11 is 1.80. The van der Waals surface area contributed by atoms with E-state index in [0.717, 1.165) is 43.5 Å². The van der Waals surface area contributed by atoms with Gasteiger partial charge in [-0.2, -0.15) is 8.42 Å². The van der Waals surface area contributed by atoms with Crippen molar-refractivity contribution in [1.82, 2.24) is 5.32 Å². The first-order valence-electron chi connectivity index (χ1n) is 10.3. The van der Waals surface area contributed by atoms with Crippen molar-refractivity contribution in [2.75, 3.05) is 17.2 Å². The first-order chi connectivity index (χ1) is 14.5. The van der Waals surface area contributed by atoms with Gasteiger partial charge in [0, 0.05) is 29.2 Å². The lowest BCUT2D eigenvalue weighted by Crippen LogP contribution is -2.36. The summed E-state index contributed by atoms with van der Waals surface area (Å²) in [5.41, 5.74) is 2.10. The standard InChI is InChI=1S/C22H23N3O3S2/c26-22(23-17-11-13-29-19-7-4-3-6-16(17)19)15-9-10-18-20(14-15)30(27,28)24-21-8-2-1-5-12-25(18)21/h3-4,6-7,9-10,14,17H,1-2,5,8,11-13H2,(H,23,26)/t17-/m1/s1. The molecular weight excluding hydrogens is 418 g/mol. The number of nitrogens with zero attached hydrogens (tertiary/aromatic N) is 2. The summed E-state index contributed by atoms with van der Waals surface area (Å²) < 4.78 is 29.7. The Morgan fingerprint density at radius 2 is 2.00 bits per heavy atom. The van der Waals surface area contributed by atoms with Crippen molar-refractivity contribution in [2.45, 2.75) is 47.9 Å². The van der Waals surface area contributed by atoms with E-state index < -0.39 is 10.0 Å². The maximum atomic E-state index is 13.0. The fourth-order valence-corrected chi connectivity index (χ4v) is 6.76. The summed E-state index contributed by atoms with van der Waals surface area (Å²) in [6, 6.07) is 13.0. The van der Waals surface area contributed by atoms with Gasteiger partial charge in [0.2, 0.25) is 0 Å². The molecule has 1 N–H and O–H groups in total. The number of amidine groups is 1. The Labute approximate surface area is 180 Å². The number of fused-ring (bicyclic) bond motifs is 4. The molecule has 3 heterocycles. The summed E-state index contributed by atoms with van der Waals surface area (Å²) in [5, 5.41) is 3.10. The maximum Gasteiger partial charge on any atom is 0.286 e. The predicted molar refractivity (Wildman–Crippen MR) is 119 cm³/mol. The number of thioether (sulfide) groups is 1. The molecule has 2 aromatic carbocycles. The minimum absolute atomic E-state index is 0.0715. The minimum Gasteiger partial charge on any atom is -0.345 e. The zero-order valence-corrected chi connectivity index (χ0v) is 18.1. The van der Waals surface area contributed by atoms with Crippen LogP contribution in [0.5, 0.6) is 0 Å². The average Bonchev–Trinajstić information content (AvgIpc) is 2.98. The highest BCUT2D eigenvalue weighted by Crippen LogP contribution is 2.37. The lowest BCUT2D eigenvalue weighted by molar-refractivity contribution is 0.0935. The summed E-state index contributed by atoms with van der Waals surface area (Å²) in [7, 11) is -3.80. The van der Waals surface area contributed by atoms with Gasteiger partial charge in [-0.25, -0.2) is 0 Å². The third-order valence-corrected chi connectivity index (χ3v) is 8.33. The topological polar surface area (TPSA) is 78.8 Å². The Balaban J connectivity index is 1.45. The van der Waals surface area contributed by atoms with Crippen LogP contribution >= 0.6 is 11.8 Å². The molecule has 0 aliphatic carbocycles. The number of benzene rings is 2. The monoisotopic (exact) mass is 441 g/mol. The van der Waals surface area contributed by atoms with Gasteiger partial charge in [-0.1, -0.05) is 24.6 Å². The molecule has 0 bridgehead atoms. The van der Waals surface area contributed by atoms with Crippen LogP contribution in [0.2, 0.25) is 0 Å². The normalized spacial score (nSPS) is 22.1. The van der Waals surface area contributed by atoms with E-state index in [-0.39, 0.29) is 16.8 Å². The molecule has 3 aliphatic heterocycles. The molecule has 8 heteroatoms. The van der Waals surface area contributed by atoms with Gasteiger partial charge in [0.1, 0.15) is 10.7 Å². The highest BCUT2D eigenvalue weighted by Gasteiger charge is 2.32. The number of nitrogens with one attached hydrogen (secondary N) is 1. The lowest BCUT2D eigenvalue weighted by Gasteiger charge is -2.30. The molecule has 156 valence electrons. The first kappa shape index (κ1) is 19.6. The van der Waals surface area contributed by atoms with E-state index in [1.54, 1.807) is 23.9 Å². The smallest absolute Gasteiger partial charge is 0.286 e. The Kier molecular flexibility index (Phi) is 5.06. The second-order valence-corrected chi connectivity index (χ2v) is 10.5. The maximum absolute atomic E-state index is 13.0. The first-order valence-corrected chi connectivity index (χ1v) is 12.7. The Morgan fingerprint density at radius 3 is 2.90 bits per heavy atom. The average molecular weight is 442 g/mol. The van der Waals surface area contributed by atoms with E-state index in [2.05, 4.69) is 15.8 Å². The molecule has 30 heavy (non-hydrogen) atoms. The van der Waals surface area contributed by atoms with Gasteiger partial charge in [-0.15, -0.1) is 16.2 Å². The number of anilines is 1. The Bertz CT molecular complexity index is 1140. The number of hydrogen-bond donors (Lipinski definition) is 1. The number of rotatable bonds is 2. The molecule has 1 saturated heterocycles. The van der Waals surface area contributed by atoms with E-state index in [1.165, 1.54) is 11.0 Å². The van der Waals surface area contributed by atoms with E-state index in [1.807, 2.05) is 23.1 Å². The molecule has 1 atom stereocenters. The van der Waals surface area contributed by atoms with Crippen LogP contribution in [0.4, 0.5) is 5.69 Å². The van der Waals surface area contributed by atoms with Gasteiger partial charge in [0.05, 0.1) is 11.7 Å². The van der Waals surface area contributed by atoms with Crippen LogP contribution < -0.4 is 10.2 Å². The van der Waals surface area contributed by atoms with E-state index in [9.17, 15) is 13.2 Å². The fourth-order valence-electron chi connectivity index (χ4n) is 4.35. The van der Waals surface area contributed by atoms with Crippen LogP contribution in [0, 0.1) is 0 Å². The van der Waals surface area contributed by atoms with Crippen LogP contribution in [0.15, 0.2) is 56.7 Å². The van der Waals surface area contributed by atoms with E-state index in [4.69, 9.17) is 0 Å². The van der Waals surface area contributed by atoms with Crippen LogP contribution in [-0.4, -0.2) is 32.5 Å². The molecule has 5 rings (SSSR count). The molecule has 0 unspecified atom stereocenters. The van der Waals surface area contributed by atoms with Crippen molar-refractivity contribution in [2.24, 2.45) is 4.40 Å². The van der Waals surface area contributed by atoms with Crippen LogP contribution in [0.1, 0.15) is 54.1 Å². The van der Waals surface area contributed by atoms with Gasteiger partial charge < -0.3 is 10.2 Å². The zero-order chi connectivity index (χ0) is 20.7. The van der Waals surface area contributed by atoms with Crippen molar-refractivity contribution in [3.05, 3.63) is 53.6 Å². The lowest BCUT2D eigenvalue weighted by atomic mass is 10.0. The zero-order valence-electron chi connectivity index (χ0n) is 16.5. The molecular formula is C22H23N3O3S2. The SMILES string of the molecule is O=C(N[C@@H]1CCSc2ccccc21)c1ccc2c(c1)S(=O)(=O)N=C1CCCCCN12. The van der Waals surface area contributed by atoms with Gasteiger partial charge in [0.25, 0.3) is 15.9 Å². The molecule has 3 aliphatic rings. The second kappa shape index (κ2) is 7.74. The fraction of sp³-hybridized carbons (Fsp3) is 0.364. The summed E-state index contributed by atoms with van der Waals surface area (Å²) in [6.07, 6.45) is 4.52. The Hall–Kier alpha value is -2.32. The van der Waals surface area contributed by atoms with E-state index >= 15 is 0 Å². The van der Waals surface area contributed by atoms with Crippen molar-refractivity contribution >= 4 is 39.2 Å². The Morgan fingerprint density at radius 1 is 1.13 bits per heavy atom. The number of amides is 1. The van der Waals surface area contributed by atoms with Gasteiger partial charge in [0.15, 0.2) is 0 Å². The second-order valence-electron chi connectivity index (χ2n) is 7.83. The van der Waals surface area contributed by atoms with Crippen molar-refractivity contribution in [3.63, 3.8) is 0 Å². The quantitative estimate of drug-likeness (QED) is 0.758. The predicted octanol–water partition coefficient (Wildman–Crippen LogP) is 4.13. The number of sulfonamides is 1. The molecule has 6 nitrogen and oxygen atoms in total. The van der Waals surface area contributed by atoms with Crippen molar-refractivity contribution < 1.29 is 13.2 Å². The number of carbonyl (C=O) groups is 1. The third kappa shape index (κ3) is 3.52. The van der Waals surface area contributed by atoms with E-state index in [0.29, 0.717) is 23.5 Å². The van der Waals surface area contributed by atoms with Crippen LogP contribution in [0.25, 0.3) is 0 Å². The third-order valence-electron chi connectivity index (χ3n) is 5.87. The number of carbonyl (C=O) groups excluding carboxylic acids is 1. The van der Waals surface area contributed by atoms with Crippen molar-refractivity contribution in [3.8, 4) is 0 Å².